The Kier molecular flexibility index (Phi) is 6.02. The minimum atomic E-state index is -0.460. The number of carbonyl (C=O) groups is 1. The molecule has 0 radical (unpaired) electrons. The molecule has 0 aliphatic carbocycles. The van der Waals surface area contributed by atoms with Gasteiger partial charge in [-0.15, -0.1) is 11.6 Å². The molecule has 3 unspecified atom stereocenters. The minimum absolute atomic E-state index is 0.0492. The van der Waals surface area contributed by atoms with E-state index < -0.39 is 6.23 Å². The maximum Gasteiger partial charge on any atom is 0.167 e. The van der Waals surface area contributed by atoms with Crippen LogP contribution in [0.25, 0.3) is 0 Å². The maximum atomic E-state index is 11.3. The Bertz CT molecular complexity index is 635. The molecule has 0 saturated carbocycles. The summed E-state index contributed by atoms with van der Waals surface area (Å²) in [6, 6.07) is 20.3. The standard InChI is InChI=1S/C20H22ClNO2/c21-19(17-9-5-2-6-10-17)11-12-22-14-18(24-20(22)15-23)13-16-7-3-1-4-8-16/h1-10,15,18-20H,11-14H2. The van der Waals surface area contributed by atoms with Gasteiger partial charge in [-0.25, -0.2) is 0 Å². The van der Waals surface area contributed by atoms with Crippen molar-refractivity contribution in [3.63, 3.8) is 0 Å². The predicted octanol–water partition coefficient (Wildman–Crippen LogP) is 3.83. The Balaban J connectivity index is 1.54. The van der Waals surface area contributed by atoms with Gasteiger partial charge in [0.25, 0.3) is 0 Å². The van der Waals surface area contributed by atoms with E-state index in [1.807, 2.05) is 48.5 Å². The first-order valence-electron chi connectivity index (χ1n) is 8.34. The van der Waals surface area contributed by atoms with Crippen LogP contribution in [0.4, 0.5) is 0 Å². The first-order chi connectivity index (χ1) is 11.8. The zero-order valence-corrected chi connectivity index (χ0v) is 14.3. The van der Waals surface area contributed by atoms with Crippen LogP contribution < -0.4 is 0 Å². The van der Waals surface area contributed by atoms with Gasteiger partial charge in [0, 0.05) is 13.1 Å². The van der Waals surface area contributed by atoms with Crippen molar-refractivity contribution in [1.82, 2.24) is 4.90 Å². The van der Waals surface area contributed by atoms with Crippen LogP contribution in [-0.4, -0.2) is 36.6 Å². The SMILES string of the molecule is O=CC1OC(Cc2ccccc2)CN1CCC(Cl)c1ccccc1. The number of benzene rings is 2. The number of halogens is 1. The molecule has 2 aromatic carbocycles. The van der Waals surface area contributed by atoms with Crippen molar-refractivity contribution in [2.75, 3.05) is 13.1 Å². The molecule has 0 amide bonds. The topological polar surface area (TPSA) is 29.5 Å². The van der Waals surface area contributed by atoms with Gasteiger partial charge in [0.2, 0.25) is 0 Å². The molecular formula is C20H22ClNO2. The quantitative estimate of drug-likeness (QED) is 0.565. The summed E-state index contributed by atoms with van der Waals surface area (Å²) in [6.45, 7) is 1.51. The molecule has 0 N–H and O–H groups in total. The summed E-state index contributed by atoms with van der Waals surface area (Å²) in [5.41, 5.74) is 2.34. The summed E-state index contributed by atoms with van der Waals surface area (Å²) in [5.74, 6) is 0. The van der Waals surface area contributed by atoms with Crippen molar-refractivity contribution in [2.24, 2.45) is 0 Å². The fourth-order valence-corrected chi connectivity index (χ4v) is 3.37. The lowest BCUT2D eigenvalue weighted by Gasteiger charge is -2.19. The van der Waals surface area contributed by atoms with Crippen molar-refractivity contribution in [2.45, 2.75) is 30.6 Å². The van der Waals surface area contributed by atoms with Crippen LogP contribution in [0.1, 0.15) is 22.9 Å². The molecule has 0 spiro atoms. The molecule has 1 fully saturated rings. The van der Waals surface area contributed by atoms with Gasteiger partial charge in [0.15, 0.2) is 12.5 Å². The van der Waals surface area contributed by atoms with Crippen LogP contribution in [0.2, 0.25) is 0 Å². The van der Waals surface area contributed by atoms with Crippen LogP contribution >= 0.6 is 11.6 Å². The lowest BCUT2D eigenvalue weighted by molar-refractivity contribution is -0.123. The van der Waals surface area contributed by atoms with Gasteiger partial charge >= 0.3 is 0 Å². The van der Waals surface area contributed by atoms with E-state index in [0.717, 1.165) is 37.8 Å². The van der Waals surface area contributed by atoms with Crippen molar-refractivity contribution >= 4 is 17.9 Å². The number of nitrogens with zero attached hydrogens (tertiary/aromatic N) is 1. The summed E-state index contributed by atoms with van der Waals surface area (Å²) in [5, 5.41) is -0.0494. The second kappa shape index (κ2) is 8.43. The largest absolute Gasteiger partial charge is 0.351 e. The zero-order chi connectivity index (χ0) is 16.8. The number of ether oxygens (including phenoxy) is 1. The Hall–Kier alpha value is -1.68. The molecule has 3 rings (SSSR count). The normalized spacial score (nSPS) is 22.4. The average molecular weight is 344 g/mol. The molecule has 2 aromatic rings. The highest BCUT2D eigenvalue weighted by Gasteiger charge is 2.32. The maximum absolute atomic E-state index is 11.3. The highest BCUT2D eigenvalue weighted by atomic mass is 35.5. The molecule has 126 valence electrons. The van der Waals surface area contributed by atoms with Crippen LogP contribution in [0.15, 0.2) is 60.7 Å². The Morgan fingerprint density at radius 2 is 1.79 bits per heavy atom. The third kappa shape index (κ3) is 4.44. The van der Waals surface area contributed by atoms with E-state index in [4.69, 9.17) is 16.3 Å². The zero-order valence-electron chi connectivity index (χ0n) is 13.6. The van der Waals surface area contributed by atoms with E-state index in [-0.39, 0.29) is 11.5 Å². The Morgan fingerprint density at radius 3 is 2.46 bits per heavy atom. The summed E-state index contributed by atoms with van der Waals surface area (Å²) >= 11 is 6.49. The molecule has 24 heavy (non-hydrogen) atoms. The molecule has 1 heterocycles. The van der Waals surface area contributed by atoms with E-state index in [2.05, 4.69) is 17.0 Å². The van der Waals surface area contributed by atoms with E-state index in [0.29, 0.717) is 0 Å². The fraction of sp³-hybridized carbons (Fsp3) is 0.350. The van der Waals surface area contributed by atoms with Crippen molar-refractivity contribution in [3.05, 3.63) is 71.8 Å². The lowest BCUT2D eigenvalue weighted by atomic mass is 10.1. The smallest absolute Gasteiger partial charge is 0.167 e. The molecule has 1 aliphatic heterocycles. The molecule has 4 heteroatoms. The number of hydrogen-bond donors (Lipinski definition) is 0. The van der Waals surface area contributed by atoms with Crippen LogP contribution in [-0.2, 0) is 16.0 Å². The average Bonchev–Trinajstić information content (AvgIpc) is 3.03. The highest BCUT2D eigenvalue weighted by molar-refractivity contribution is 6.20. The van der Waals surface area contributed by atoms with Crippen molar-refractivity contribution < 1.29 is 9.53 Å². The highest BCUT2D eigenvalue weighted by Crippen LogP contribution is 2.26. The monoisotopic (exact) mass is 343 g/mol. The second-order valence-corrected chi connectivity index (χ2v) is 6.66. The summed E-state index contributed by atoms with van der Waals surface area (Å²) in [4.78, 5) is 13.4. The van der Waals surface area contributed by atoms with Crippen LogP contribution in [0.3, 0.4) is 0 Å². The molecule has 0 aromatic heterocycles. The number of rotatable bonds is 7. The Labute approximate surface area is 148 Å². The van der Waals surface area contributed by atoms with Crippen molar-refractivity contribution in [3.8, 4) is 0 Å². The van der Waals surface area contributed by atoms with E-state index in [9.17, 15) is 4.79 Å². The van der Waals surface area contributed by atoms with Gasteiger partial charge in [0.05, 0.1) is 11.5 Å². The fourth-order valence-electron chi connectivity index (χ4n) is 3.13. The van der Waals surface area contributed by atoms with E-state index in [1.165, 1.54) is 5.56 Å². The summed E-state index contributed by atoms with van der Waals surface area (Å²) < 4.78 is 5.88. The third-order valence-corrected chi connectivity index (χ3v) is 4.85. The van der Waals surface area contributed by atoms with Crippen molar-refractivity contribution in [1.29, 1.82) is 0 Å². The molecule has 0 bridgehead atoms. The molecule has 1 saturated heterocycles. The summed E-state index contributed by atoms with van der Waals surface area (Å²) in [6.07, 6.45) is 2.09. The number of alkyl halides is 1. The molecule has 3 atom stereocenters. The number of hydrogen-bond acceptors (Lipinski definition) is 3. The molecule has 1 aliphatic rings. The number of aldehydes is 1. The first kappa shape index (κ1) is 17.2. The number of carbonyl (C=O) groups excluding carboxylic acids is 1. The van der Waals surface area contributed by atoms with E-state index in [1.54, 1.807) is 0 Å². The van der Waals surface area contributed by atoms with Gasteiger partial charge in [-0.05, 0) is 24.0 Å². The first-order valence-corrected chi connectivity index (χ1v) is 8.77. The lowest BCUT2D eigenvalue weighted by Crippen LogP contribution is -2.32. The van der Waals surface area contributed by atoms with E-state index >= 15 is 0 Å². The molecule has 3 nitrogen and oxygen atoms in total. The molecular weight excluding hydrogens is 322 g/mol. The third-order valence-electron chi connectivity index (χ3n) is 4.38. The van der Waals surface area contributed by atoms with Gasteiger partial charge < -0.3 is 4.74 Å². The second-order valence-electron chi connectivity index (χ2n) is 6.14. The Morgan fingerprint density at radius 1 is 1.12 bits per heavy atom. The van der Waals surface area contributed by atoms with Gasteiger partial charge in [-0.3, -0.25) is 9.69 Å². The minimum Gasteiger partial charge on any atom is -0.351 e. The predicted molar refractivity (Wildman–Crippen MR) is 96.1 cm³/mol. The van der Waals surface area contributed by atoms with Crippen LogP contribution in [0.5, 0.6) is 0 Å². The van der Waals surface area contributed by atoms with Gasteiger partial charge in [-0.2, -0.15) is 0 Å². The van der Waals surface area contributed by atoms with Crippen LogP contribution in [0, 0.1) is 0 Å². The summed E-state index contributed by atoms with van der Waals surface area (Å²) in [7, 11) is 0. The van der Waals surface area contributed by atoms with Gasteiger partial charge in [-0.1, -0.05) is 60.7 Å². The van der Waals surface area contributed by atoms with Gasteiger partial charge in [0.1, 0.15) is 0 Å².